The number of hydrogen-bond donors (Lipinski definition) is 3. The third kappa shape index (κ3) is 3.62. The Morgan fingerprint density at radius 2 is 2.29 bits per heavy atom. The lowest BCUT2D eigenvalue weighted by Crippen LogP contribution is -2.21. The number of amidine groups is 1. The predicted molar refractivity (Wildman–Crippen MR) is 69.7 cm³/mol. The van der Waals surface area contributed by atoms with Gasteiger partial charge in [-0.3, -0.25) is 9.98 Å². The largest absolute Gasteiger partial charge is 0.388 e. The van der Waals surface area contributed by atoms with E-state index in [1.807, 2.05) is 20.8 Å². The molecule has 0 fully saturated rings. The molecule has 1 heterocycles. The molecule has 0 saturated heterocycles. The van der Waals surface area contributed by atoms with E-state index in [4.69, 9.17) is 11.1 Å². The summed E-state index contributed by atoms with van der Waals surface area (Å²) in [5.74, 6) is 0.165. The van der Waals surface area contributed by atoms with Crippen LogP contribution in [-0.4, -0.2) is 25.9 Å². The van der Waals surface area contributed by atoms with Crippen molar-refractivity contribution in [1.82, 2.24) is 14.8 Å². The summed E-state index contributed by atoms with van der Waals surface area (Å²) in [5.41, 5.74) is 5.20. The molecule has 0 aliphatic heterocycles. The molecule has 0 saturated carbocycles. The quantitative estimate of drug-likeness (QED) is 0.407. The van der Waals surface area contributed by atoms with Crippen molar-refractivity contribution in [2.24, 2.45) is 5.73 Å². The Bertz CT molecular complexity index is 436. The van der Waals surface area contributed by atoms with Gasteiger partial charge in [0.05, 0.1) is 5.84 Å². The highest BCUT2D eigenvalue weighted by Gasteiger charge is 2.17. The van der Waals surface area contributed by atoms with Gasteiger partial charge in [-0.2, -0.15) is 0 Å². The molecule has 0 bridgehead atoms. The second-order valence-electron chi connectivity index (χ2n) is 4.15. The van der Waals surface area contributed by atoms with Crippen LogP contribution in [0.15, 0.2) is 9.95 Å². The Morgan fingerprint density at radius 3 is 2.76 bits per heavy atom. The van der Waals surface area contributed by atoms with Gasteiger partial charge in [-0.15, -0.1) is 5.10 Å². The molecular formula is C10H19N5OS. The molecule has 1 unspecified atom stereocenters. The van der Waals surface area contributed by atoms with Gasteiger partial charge in [0.25, 0.3) is 0 Å². The summed E-state index contributed by atoms with van der Waals surface area (Å²) in [6, 6.07) is 0.0681. The van der Waals surface area contributed by atoms with Gasteiger partial charge >= 0.3 is 5.69 Å². The third-order valence-electron chi connectivity index (χ3n) is 2.36. The Hall–Kier alpha value is -1.24. The van der Waals surface area contributed by atoms with Gasteiger partial charge < -0.3 is 5.73 Å². The molecule has 6 nitrogen and oxygen atoms in total. The van der Waals surface area contributed by atoms with Crippen LogP contribution in [0.25, 0.3) is 0 Å². The van der Waals surface area contributed by atoms with Crippen molar-refractivity contribution in [3.8, 4) is 0 Å². The molecule has 0 aromatic carbocycles. The molecule has 0 amide bonds. The minimum atomic E-state index is -0.194. The van der Waals surface area contributed by atoms with E-state index >= 15 is 0 Å². The lowest BCUT2D eigenvalue weighted by atomic mass is 10.2. The highest BCUT2D eigenvalue weighted by atomic mass is 32.2. The van der Waals surface area contributed by atoms with Gasteiger partial charge in [0.1, 0.15) is 0 Å². The minimum absolute atomic E-state index is 0.0681. The molecule has 0 aliphatic carbocycles. The van der Waals surface area contributed by atoms with Gasteiger partial charge in [-0.05, 0) is 20.3 Å². The van der Waals surface area contributed by atoms with Crippen LogP contribution in [0, 0.1) is 5.41 Å². The van der Waals surface area contributed by atoms with Crippen LogP contribution in [0.4, 0.5) is 0 Å². The maximum absolute atomic E-state index is 11.5. The first-order chi connectivity index (χ1) is 7.95. The van der Waals surface area contributed by atoms with E-state index in [1.54, 1.807) is 4.57 Å². The van der Waals surface area contributed by atoms with Gasteiger partial charge in [-0.1, -0.05) is 18.7 Å². The van der Waals surface area contributed by atoms with E-state index < -0.39 is 0 Å². The standard InChI is InChI=1S/C10H19N5OS/c1-4-7(5-8(11)12)17-10-14-13-9(16)15(10)6(2)3/h6-7H,4-5H2,1-3H3,(H3,11,12)(H,13,16). The number of nitrogens with zero attached hydrogens (tertiary/aromatic N) is 2. The predicted octanol–water partition coefficient (Wildman–Crippen LogP) is 1.35. The van der Waals surface area contributed by atoms with Crippen LogP contribution in [0.3, 0.4) is 0 Å². The Kier molecular flexibility index (Phi) is 4.80. The fourth-order valence-corrected chi connectivity index (χ4v) is 2.73. The van der Waals surface area contributed by atoms with Crippen molar-refractivity contribution in [3.05, 3.63) is 10.5 Å². The first-order valence-electron chi connectivity index (χ1n) is 5.62. The first-order valence-corrected chi connectivity index (χ1v) is 6.50. The van der Waals surface area contributed by atoms with Crippen molar-refractivity contribution >= 4 is 17.6 Å². The third-order valence-corrected chi connectivity index (χ3v) is 3.70. The van der Waals surface area contributed by atoms with Crippen molar-refractivity contribution in [2.75, 3.05) is 0 Å². The van der Waals surface area contributed by atoms with E-state index in [9.17, 15) is 4.79 Å². The maximum Gasteiger partial charge on any atom is 0.344 e. The zero-order chi connectivity index (χ0) is 13.0. The molecule has 1 rings (SSSR count). The summed E-state index contributed by atoms with van der Waals surface area (Å²) < 4.78 is 1.62. The monoisotopic (exact) mass is 257 g/mol. The van der Waals surface area contributed by atoms with Gasteiger partial charge in [0, 0.05) is 17.7 Å². The highest BCUT2D eigenvalue weighted by Crippen LogP contribution is 2.26. The molecule has 7 heteroatoms. The normalized spacial score (nSPS) is 12.9. The summed E-state index contributed by atoms with van der Waals surface area (Å²) in [6.07, 6.45) is 1.39. The SMILES string of the molecule is CCC(CC(=N)N)Sc1n[nH]c(=O)n1C(C)C. The highest BCUT2D eigenvalue weighted by molar-refractivity contribution is 7.99. The van der Waals surface area contributed by atoms with Crippen LogP contribution < -0.4 is 11.4 Å². The first kappa shape index (κ1) is 13.8. The zero-order valence-electron chi connectivity index (χ0n) is 10.4. The number of thioether (sulfide) groups is 1. The number of rotatable bonds is 6. The van der Waals surface area contributed by atoms with Gasteiger partial charge in [0.2, 0.25) is 0 Å². The number of nitrogens with one attached hydrogen (secondary N) is 2. The zero-order valence-corrected chi connectivity index (χ0v) is 11.2. The number of aromatic amines is 1. The van der Waals surface area contributed by atoms with Crippen molar-refractivity contribution in [2.45, 2.75) is 50.1 Å². The van der Waals surface area contributed by atoms with E-state index in [2.05, 4.69) is 10.2 Å². The number of nitrogens with two attached hydrogens (primary N) is 1. The average Bonchev–Trinajstić information content (AvgIpc) is 2.58. The molecule has 0 aliphatic rings. The van der Waals surface area contributed by atoms with Crippen LogP contribution in [-0.2, 0) is 0 Å². The molecule has 0 radical (unpaired) electrons. The number of hydrogen-bond acceptors (Lipinski definition) is 4. The Balaban J connectivity index is 2.86. The molecule has 96 valence electrons. The average molecular weight is 257 g/mol. The molecule has 17 heavy (non-hydrogen) atoms. The Morgan fingerprint density at radius 1 is 1.65 bits per heavy atom. The summed E-state index contributed by atoms with van der Waals surface area (Å²) in [6.45, 7) is 5.91. The molecule has 0 spiro atoms. The van der Waals surface area contributed by atoms with Gasteiger partial charge in [0.15, 0.2) is 5.16 Å². The fourth-order valence-electron chi connectivity index (χ4n) is 1.49. The van der Waals surface area contributed by atoms with E-state index in [1.165, 1.54) is 11.8 Å². The molecule has 1 aromatic heterocycles. The molecule has 1 aromatic rings. The van der Waals surface area contributed by atoms with Crippen LogP contribution in [0.2, 0.25) is 0 Å². The second-order valence-corrected chi connectivity index (χ2v) is 5.42. The fraction of sp³-hybridized carbons (Fsp3) is 0.700. The number of H-pyrrole nitrogens is 1. The summed E-state index contributed by atoms with van der Waals surface area (Å²) >= 11 is 1.49. The topological polar surface area (TPSA) is 101 Å². The number of aromatic nitrogens is 3. The van der Waals surface area contributed by atoms with Crippen LogP contribution in [0.1, 0.15) is 39.7 Å². The van der Waals surface area contributed by atoms with E-state index in [-0.39, 0.29) is 22.8 Å². The smallest absolute Gasteiger partial charge is 0.344 e. The summed E-state index contributed by atoms with van der Waals surface area (Å²) in [5, 5.41) is 14.6. The lowest BCUT2D eigenvalue weighted by molar-refractivity contribution is 0.533. The molecule has 4 N–H and O–H groups in total. The summed E-state index contributed by atoms with van der Waals surface area (Å²) in [7, 11) is 0. The van der Waals surface area contributed by atoms with Crippen molar-refractivity contribution < 1.29 is 0 Å². The van der Waals surface area contributed by atoms with Crippen LogP contribution in [0.5, 0.6) is 0 Å². The molecular weight excluding hydrogens is 238 g/mol. The minimum Gasteiger partial charge on any atom is -0.388 e. The second kappa shape index (κ2) is 5.90. The van der Waals surface area contributed by atoms with E-state index in [0.29, 0.717) is 11.6 Å². The maximum atomic E-state index is 11.5. The van der Waals surface area contributed by atoms with Gasteiger partial charge in [-0.25, -0.2) is 9.89 Å². The van der Waals surface area contributed by atoms with Crippen molar-refractivity contribution in [1.29, 1.82) is 5.41 Å². The Labute approximate surface area is 104 Å². The molecule has 1 atom stereocenters. The van der Waals surface area contributed by atoms with E-state index in [0.717, 1.165) is 6.42 Å². The summed E-state index contributed by atoms with van der Waals surface area (Å²) in [4.78, 5) is 11.5. The lowest BCUT2D eigenvalue weighted by Gasteiger charge is -2.14. The van der Waals surface area contributed by atoms with Crippen molar-refractivity contribution in [3.63, 3.8) is 0 Å². The van der Waals surface area contributed by atoms with Crippen LogP contribution >= 0.6 is 11.8 Å².